The molecule has 1 aliphatic heterocycles. The lowest BCUT2D eigenvalue weighted by Crippen LogP contribution is -2.48. The molecule has 2 amide bonds. The molecule has 126 valence electrons. The van der Waals surface area contributed by atoms with Gasteiger partial charge in [0.2, 0.25) is 11.8 Å². The molecule has 23 heavy (non-hydrogen) atoms. The number of carbonyl (C=O) groups is 2. The second-order valence-corrected chi connectivity index (χ2v) is 6.05. The van der Waals surface area contributed by atoms with Crippen molar-refractivity contribution in [1.82, 2.24) is 10.2 Å². The summed E-state index contributed by atoms with van der Waals surface area (Å²) in [5.41, 5.74) is 0. The molecule has 1 heterocycles. The number of nitrogens with zero attached hydrogens (tertiary/aromatic N) is 1. The van der Waals surface area contributed by atoms with Crippen LogP contribution in [0.4, 0.5) is 0 Å². The minimum atomic E-state index is -0.261. The number of hydrogen-bond donors (Lipinski definition) is 1. The molecule has 5 nitrogen and oxygen atoms in total. The Morgan fingerprint density at radius 3 is 2.57 bits per heavy atom. The third kappa shape index (κ3) is 5.11. The third-order valence-electron chi connectivity index (χ3n) is 4.46. The molecule has 2 atom stereocenters. The Kier molecular flexibility index (Phi) is 7.15. The van der Waals surface area contributed by atoms with E-state index in [2.05, 4.69) is 11.2 Å². The Morgan fingerprint density at radius 1 is 1.17 bits per heavy atom. The number of hydrogen-bond acceptors (Lipinski definition) is 3. The Labute approximate surface area is 138 Å². The number of nitrogens with one attached hydrogen (secondary N) is 1. The lowest BCUT2D eigenvalue weighted by Gasteiger charge is -2.34. The van der Waals surface area contributed by atoms with Gasteiger partial charge < -0.3 is 15.0 Å². The highest BCUT2D eigenvalue weighted by molar-refractivity contribution is 5.88. The van der Waals surface area contributed by atoms with Crippen LogP contribution in [0.2, 0.25) is 0 Å². The van der Waals surface area contributed by atoms with Crippen molar-refractivity contribution < 1.29 is 14.3 Å². The lowest BCUT2D eigenvalue weighted by molar-refractivity contribution is -0.145. The first-order valence-electron chi connectivity index (χ1n) is 8.46. The minimum Gasteiger partial charge on any atom is -0.378 e. The molecule has 0 aromatic heterocycles. The van der Waals surface area contributed by atoms with Gasteiger partial charge in [-0.05, 0) is 25.7 Å². The molecule has 0 aromatic carbocycles. The van der Waals surface area contributed by atoms with Gasteiger partial charge in [-0.1, -0.05) is 12.2 Å². The van der Waals surface area contributed by atoms with Gasteiger partial charge in [0.05, 0.1) is 25.0 Å². The summed E-state index contributed by atoms with van der Waals surface area (Å²) in [6, 6.07) is 0. The number of ether oxygens (including phenoxy) is 1. The van der Waals surface area contributed by atoms with Gasteiger partial charge in [-0.2, -0.15) is 0 Å². The first-order valence-corrected chi connectivity index (χ1v) is 8.46. The first kappa shape index (κ1) is 17.6. The van der Waals surface area contributed by atoms with Gasteiger partial charge >= 0.3 is 0 Å². The fraction of sp³-hybridized carbons (Fsp3) is 0.667. The van der Waals surface area contributed by atoms with Gasteiger partial charge in [0.25, 0.3) is 0 Å². The van der Waals surface area contributed by atoms with Crippen LogP contribution < -0.4 is 5.32 Å². The second kappa shape index (κ2) is 9.36. The van der Waals surface area contributed by atoms with E-state index in [1.807, 2.05) is 17.1 Å². The number of amides is 2. The van der Waals surface area contributed by atoms with Crippen LogP contribution in [0, 0.1) is 24.2 Å². The maximum absolute atomic E-state index is 12.7. The maximum Gasteiger partial charge on any atom is 0.226 e. The van der Waals surface area contributed by atoms with Crippen LogP contribution in [0.3, 0.4) is 0 Å². The zero-order chi connectivity index (χ0) is 16.5. The first-order chi connectivity index (χ1) is 11.2. The summed E-state index contributed by atoms with van der Waals surface area (Å²) in [4.78, 5) is 27.0. The van der Waals surface area contributed by atoms with E-state index in [-0.39, 0.29) is 23.7 Å². The fourth-order valence-electron chi connectivity index (χ4n) is 3.09. The molecule has 0 bridgehead atoms. The van der Waals surface area contributed by atoms with Crippen molar-refractivity contribution in [2.24, 2.45) is 11.8 Å². The Balaban J connectivity index is 1.87. The second-order valence-electron chi connectivity index (χ2n) is 6.05. The zero-order valence-corrected chi connectivity index (χ0v) is 13.6. The van der Waals surface area contributed by atoms with E-state index in [1.54, 1.807) is 0 Å². The van der Waals surface area contributed by atoms with Crippen LogP contribution in [0.15, 0.2) is 12.2 Å². The highest BCUT2D eigenvalue weighted by atomic mass is 16.5. The summed E-state index contributed by atoms with van der Waals surface area (Å²) in [6.07, 6.45) is 13.0. The summed E-state index contributed by atoms with van der Waals surface area (Å²) in [5.74, 6) is 2.16. The van der Waals surface area contributed by atoms with Gasteiger partial charge in [-0.25, -0.2) is 0 Å². The Morgan fingerprint density at radius 2 is 1.87 bits per heavy atom. The number of allylic oxidation sites excluding steroid dienone is 2. The number of rotatable bonds is 6. The molecule has 0 aromatic rings. The lowest BCUT2D eigenvalue weighted by atomic mass is 9.81. The van der Waals surface area contributed by atoms with E-state index in [1.165, 1.54) is 0 Å². The smallest absolute Gasteiger partial charge is 0.226 e. The average Bonchev–Trinajstić information content (AvgIpc) is 2.61. The SMILES string of the molecule is C#CCCCCNC(=O)[C@H]1CC=CC[C@@H]1C(=O)N1CCOCC1. The van der Waals surface area contributed by atoms with Gasteiger partial charge in [-0.3, -0.25) is 9.59 Å². The molecule has 0 radical (unpaired) electrons. The fourth-order valence-corrected chi connectivity index (χ4v) is 3.09. The van der Waals surface area contributed by atoms with Gasteiger partial charge in [-0.15, -0.1) is 12.3 Å². The van der Waals surface area contributed by atoms with Crippen molar-refractivity contribution >= 4 is 11.8 Å². The predicted octanol–water partition coefficient (Wildman–Crippen LogP) is 1.35. The van der Waals surface area contributed by atoms with Crippen LogP contribution in [0.5, 0.6) is 0 Å². The van der Waals surface area contributed by atoms with Gasteiger partial charge in [0.1, 0.15) is 0 Å². The molecule has 0 saturated carbocycles. The van der Waals surface area contributed by atoms with E-state index >= 15 is 0 Å². The van der Waals surface area contributed by atoms with Crippen LogP contribution in [-0.2, 0) is 14.3 Å². The van der Waals surface area contributed by atoms with E-state index < -0.39 is 0 Å². The maximum atomic E-state index is 12.7. The van der Waals surface area contributed by atoms with E-state index in [0.717, 1.165) is 19.3 Å². The topological polar surface area (TPSA) is 58.6 Å². The monoisotopic (exact) mass is 318 g/mol. The Bertz CT molecular complexity index is 475. The van der Waals surface area contributed by atoms with E-state index in [4.69, 9.17) is 11.2 Å². The molecule has 1 fully saturated rings. The molecule has 1 aliphatic carbocycles. The minimum absolute atomic E-state index is 0.0123. The average molecular weight is 318 g/mol. The highest BCUT2D eigenvalue weighted by Crippen LogP contribution is 2.28. The summed E-state index contributed by atoms with van der Waals surface area (Å²) >= 11 is 0. The van der Waals surface area contributed by atoms with Crippen LogP contribution in [0.25, 0.3) is 0 Å². The molecule has 2 aliphatic rings. The van der Waals surface area contributed by atoms with Gasteiger partial charge in [0.15, 0.2) is 0 Å². The molecule has 0 spiro atoms. The molecule has 1 N–H and O–H groups in total. The molecular weight excluding hydrogens is 292 g/mol. The molecule has 1 saturated heterocycles. The summed E-state index contributed by atoms with van der Waals surface area (Å²) in [7, 11) is 0. The standard InChI is InChI=1S/C18H26N2O3/c1-2-3-4-7-10-19-17(21)15-8-5-6-9-16(15)18(22)20-11-13-23-14-12-20/h1,5-6,15-16H,3-4,7-14H2,(H,19,21)/t15-,16-/m0/s1. The van der Waals surface area contributed by atoms with E-state index in [9.17, 15) is 9.59 Å². The highest BCUT2D eigenvalue weighted by Gasteiger charge is 2.36. The van der Waals surface area contributed by atoms with Crippen molar-refractivity contribution in [3.8, 4) is 12.3 Å². The summed E-state index contributed by atoms with van der Waals surface area (Å²) in [5, 5.41) is 2.96. The molecular formula is C18H26N2O3. The zero-order valence-electron chi connectivity index (χ0n) is 13.6. The number of terminal acetylenes is 1. The normalized spacial score (nSPS) is 24.0. The summed E-state index contributed by atoms with van der Waals surface area (Å²) in [6.45, 7) is 3.04. The third-order valence-corrected chi connectivity index (χ3v) is 4.46. The van der Waals surface area contributed by atoms with Crippen molar-refractivity contribution in [2.75, 3.05) is 32.8 Å². The number of carbonyl (C=O) groups excluding carboxylic acids is 2. The number of morpholine rings is 1. The van der Waals surface area contributed by atoms with Crippen molar-refractivity contribution in [2.45, 2.75) is 32.1 Å². The summed E-state index contributed by atoms with van der Waals surface area (Å²) < 4.78 is 5.30. The largest absolute Gasteiger partial charge is 0.378 e. The van der Waals surface area contributed by atoms with Crippen molar-refractivity contribution in [3.63, 3.8) is 0 Å². The molecule has 0 unspecified atom stereocenters. The van der Waals surface area contributed by atoms with Crippen LogP contribution in [-0.4, -0.2) is 49.6 Å². The number of unbranched alkanes of at least 4 members (excludes halogenated alkanes) is 2. The Hall–Kier alpha value is -1.80. The van der Waals surface area contributed by atoms with E-state index in [0.29, 0.717) is 45.7 Å². The van der Waals surface area contributed by atoms with Crippen LogP contribution in [0.1, 0.15) is 32.1 Å². The predicted molar refractivity (Wildman–Crippen MR) is 88.4 cm³/mol. The molecule has 2 rings (SSSR count). The molecule has 5 heteroatoms. The quantitative estimate of drug-likeness (QED) is 0.457. The van der Waals surface area contributed by atoms with Gasteiger partial charge in [0, 0.05) is 26.1 Å². The van der Waals surface area contributed by atoms with Crippen molar-refractivity contribution in [3.05, 3.63) is 12.2 Å². The van der Waals surface area contributed by atoms with Crippen LogP contribution >= 0.6 is 0 Å². The van der Waals surface area contributed by atoms with Crippen molar-refractivity contribution in [1.29, 1.82) is 0 Å².